The highest BCUT2D eigenvalue weighted by molar-refractivity contribution is 5.75. The van der Waals surface area contributed by atoms with Crippen molar-refractivity contribution in [1.82, 2.24) is 5.32 Å². The lowest BCUT2D eigenvalue weighted by atomic mass is 9.88. The number of carboxylic acids is 1. The van der Waals surface area contributed by atoms with Crippen LogP contribution in [0.4, 0.5) is 5.69 Å². The number of nitrogens with zero attached hydrogens (tertiary/aromatic N) is 1. The van der Waals surface area contributed by atoms with Crippen molar-refractivity contribution >= 4 is 17.6 Å². The first kappa shape index (κ1) is 23.4. The van der Waals surface area contributed by atoms with Crippen LogP contribution < -0.4 is 15.2 Å². The van der Waals surface area contributed by atoms with E-state index >= 15 is 0 Å². The summed E-state index contributed by atoms with van der Waals surface area (Å²) < 4.78 is 10.7. The van der Waals surface area contributed by atoms with E-state index in [2.05, 4.69) is 5.32 Å². The number of nitrogens with one attached hydrogen (secondary N) is 1. The molecule has 1 aromatic carbocycles. The zero-order valence-corrected chi connectivity index (χ0v) is 15.7. The number of aliphatic hydroxyl groups excluding tert-OH is 4. The number of carbonyl (C=O) groups is 2. The van der Waals surface area contributed by atoms with E-state index in [-0.39, 0.29) is 11.4 Å². The van der Waals surface area contributed by atoms with Crippen molar-refractivity contribution < 1.29 is 49.5 Å². The lowest BCUT2D eigenvalue weighted by Crippen LogP contribution is -2.70. The number of amides is 1. The minimum absolute atomic E-state index is 0.189. The molecule has 1 saturated heterocycles. The maximum atomic E-state index is 11.9. The molecule has 1 fully saturated rings. The van der Waals surface area contributed by atoms with Gasteiger partial charge in [0.25, 0.3) is 11.5 Å². The zero-order chi connectivity index (χ0) is 22.6. The highest BCUT2D eigenvalue weighted by Crippen LogP contribution is 2.34. The first-order valence-corrected chi connectivity index (χ1v) is 8.75. The Hall–Kier alpha value is -2.84. The average molecular weight is 429 g/mol. The molecular formula is C17H21N2O11-. The van der Waals surface area contributed by atoms with Gasteiger partial charge in [0.15, 0.2) is 0 Å². The van der Waals surface area contributed by atoms with Crippen LogP contribution in [0, 0.1) is 10.1 Å². The fourth-order valence-corrected chi connectivity index (χ4v) is 3.05. The molecule has 0 aromatic heterocycles. The van der Waals surface area contributed by atoms with E-state index in [1.54, 1.807) is 0 Å². The fraction of sp³-hybridized carbons (Fsp3) is 0.529. The van der Waals surface area contributed by atoms with Crippen LogP contribution in [0.1, 0.15) is 13.3 Å². The monoisotopic (exact) mass is 429 g/mol. The van der Waals surface area contributed by atoms with Crippen molar-refractivity contribution in [3.05, 3.63) is 34.4 Å². The second kappa shape index (κ2) is 9.32. The number of non-ortho nitro benzene ring substituents is 1. The standard InChI is InChI=1S/C17H22N2O11/c1-8(21)18-13-11(22)6-17(16(25)26,30-15(13)14(24)12(23)7-20)29-10-4-2-9(3-5-10)19(27)28/h2-5,11-15,20,22-24H,6-7H2,1H3,(H,18,21)(H,25,26)/p-1. The zero-order valence-electron chi connectivity index (χ0n) is 15.7. The number of benzene rings is 1. The summed E-state index contributed by atoms with van der Waals surface area (Å²) in [5.41, 5.74) is -0.292. The highest BCUT2D eigenvalue weighted by Gasteiger charge is 2.53. The van der Waals surface area contributed by atoms with Gasteiger partial charge in [0, 0.05) is 25.5 Å². The summed E-state index contributed by atoms with van der Waals surface area (Å²) in [4.78, 5) is 33.4. The van der Waals surface area contributed by atoms with Gasteiger partial charge in [-0.2, -0.15) is 0 Å². The van der Waals surface area contributed by atoms with E-state index in [1.165, 1.54) is 0 Å². The minimum Gasteiger partial charge on any atom is -0.543 e. The second-order valence-corrected chi connectivity index (χ2v) is 6.71. The predicted molar refractivity (Wildman–Crippen MR) is 93.7 cm³/mol. The van der Waals surface area contributed by atoms with Gasteiger partial charge in [-0.25, -0.2) is 0 Å². The second-order valence-electron chi connectivity index (χ2n) is 6.71. The average Bonchev–Trinajstić information content (AvgIpc) is 2.68. The largest absolute Gasteiger partial charge is 0.543 e. The van der Waals surface area contributed by atoms with E-state index in [9.17, 15) is 40.1 Å². The molecule has 6 atom stereocenters. The number of aliphatic carboxylic acids is 1. The Morgan fingerprint density at radius 2 is 1.97 bits per heavy atom. The summed E-state index contributed by atoms with van der Waals surface area (Å²) >= 11 is 0. The number of nitro benzene ring substituents is 1. The van der Waals surface area contributed by atoms with Crippen LogP contribution in [0.15, 0.2) is 24.3 Å². The van der Waals surface area contributed by atoms with E-state index in [0.717, 1.165) is 31.2 Å². The maximum absolute atomic E-state index is 11.9. The lowest BCUT2D eigenvalue weighted by Gasteiger charge is -2.48. The van der Waals surface area contributed by atoms with E-state index in [1.807, 2.05) is 0 Å². The van der Waals surface area contributed by atoms with Crippen molar-refractivity contribution in [2.24, 2.45) is 0 Å². The molecule has 30 heavy (non-hydrogen) atoms. The maximum Gasteiger partial charge on any atom is 0.269 e. The summed E-state index contributed by atoms with van der Waals surface area (Å²) in [5, 5.41) is 64.5. The number of rotatable bonds is 8. The van der Waals surface area contributed by atoms with Gasteiger partial charge in [-0.15, -0.1) is 0 Å². The Bertz CT molecular complexity index is 786. The third-order valence-electron chi connectivity index (χ3n) is 4.50. The van der Waals surface area contributed by atoms with Crippen LogP contribution in [-0.2, 0) is 14.3 Å². The molecule has 13 nitrogen and oxygen atoms in total. The molecule has 0 saturated carbocycles. The van der Waals surface area contributed by atoms with Crippen molar-refractivity contribution in [2.45, 2.75) is 49.6 Å². The summed E-state index contributed by atoms with van der Waals surface area (Å²) in [5.74, 6) is -5.45. The van der Waals surface area contributed by atoms with Gasteiger partial charge in [-0.3, -0.25) is 14.9 Å². The van der Waals surface area contributed by atoms with E-state index in [0.29, 0.717) is 0 Å². The van der Waals surface area contributed by atoms with Crippen molar-refractivity contribution in [3.8, 4) is 5.75 Å². The molecule has 0 bridgehead atoms. The van der Waals surface area contributed by atoms with Crippen LogP contribution >= 0.6 is 0 Å². The topological polar surface area (TPSA) is 212 Å². The molecule has 13 heteroatoms. The molecule has 166 valence electrons. The van der Waals surface area contributed by atoms with Crippen LogP contribution in [0.25, 0.3) is 0 Å². The highest BCUT2D eigenvalue weighted by atomic mass is 16.7. The molecule has 0 spiro atoms. The van der Waals surface area contributed by atoms with E-state index < -0.39 is 66.1 Å². The van der Waals surface area contributed by atoms with Gasteiger partial charge in [0.05, 0.1) is 23.7 Å². The van der Waals surface area contributed by atoms with Crippen molar-refractivity contribution in [1.29, 1.82) is 0 Å². The molecule has 1 heterocycles. The quantitative estimate of drug-likeness (QED) is 0.205. The SMILES string of the molecule is CC(=O)NC1C(O)CC(Oc2ccc([N+](=O)[O-])cc2)(C(=O)[O-])OC1C(O)C(O)CO. The van der Waals surface area contributed by atoms with Crippen molar-refractivity contribution in [3.63, 3.8) is 0 Å². The van der Waals surface area contributed by atoms with Gasteiger partial charge in [0.1, 0.15) is 30.0 Å². The van der Waals surface area contributed by atoms with Crippen LogP contribution in [0.5, 0.6) is 5.75 Å². The first-order chi connectivity index (χ1) is 14.0. The summed E-state index contributed by atoms with van der Waals surface area (Å²) in [6.45, 7) is 0.179. The summed E-state index contributed by atoms with van der Waals surface area (Å²) in [6.07, 6.45) is -7.84. The molecule has 5 N–H and O–H groups in total. The molecule has 1 aliphatic heterocycles. The van der Waals surface area contributed by atoms with Crippen LogP contribution in [0.3, 0.4) is 0 Å². The number of carbonyl (C=O) groups excluding carboxylic acids is 2. The smallest absolute Gasteiger partial charge is 0.269 e. The number of carboxylic acid groups (broad SMARTS) is 1. The van der Waals surface area contributed by atoms with Gasteiger partial charge >= 0.3 is 0 Å². The van der Waals surface area contributed by atoms with Gasteiger partial charge in [-0.05, 0) is 12.1 Å². The summed E-state index contributed by atoms with van der Waals surface area (Å²) in [6, 6.07) is 2.91. The Balaban J connectivity index is 2.40. The number of ether oxygens (including phenoxy) is 2. The van der Waals surface area contributed by atoms with Gasteiger partial charge in [-0.1, -0.05) is 0 Å². The number of nitro groups is 1. The molecule has 1 amide bonds. The Kier molecular flexibility index (Phi) is 7.28. The predicted octanol–water partition coefficient (Wildman–Crippen LogP) is -3.21. The van der Waals surface area contributed by atoms with E-state index in [4.69, 9.17) is 14.6 Å². The third kappa shape index (κ3) is 5.01. The molecule has 0 aliphatic carbocycles. The Morgan fingerprint density at radius 3 is 2.43 bits per heavy atom. The molecule has 0 radical (unpaired) electrons. The first-order valence-electron chi connectivity index (χ1n) is 8.75. The fourth-order valence-electron chi connectivity index (χ4n) is 3.05. The molecule has 1 aliphatic rings. The summed E-state index contributed by atoms with van der Waals surface area (Å²) in [7, 11) is 0. The van der Waals surface area contributed by atoms with Crippen molar-refractivity contribution in [2.75, 3.05) is 6.61 Å². The molecule has 6 unspecified atom stereocenters. The van der Waals surface area contributed by atoms with Gasteiger partial charge in [0.2, 0.25) is 5.91 Å². The minimum atomic E-state index is -2.68. The molecule has 1 aromatic rings. The van der Waals surface area contributed by atoms with Gasteiger partial charge < -0.3 is 45.1 Å². The lowest BCUT2D eigenvalue weighted by molar-refractivity contribution is -0.385. The number of hydrogen-bond acceptors (Lipinski definition) is 11. The van der Waals surface area contributed by atoms with Crippen LogP contribution in [-0.4, -0.2) is 80.1 Å². The number of hydrogen-bond donors (Lipinski definition) is 5. The third-order valence-corrected chi connectivity index (χ3v) is 4.50. The molecule has 2 rings (SSSR count). The molecular weight excluding hydrogens is 408 g/mol. The Morgan fingerprint density at radius 1 is 1.37 bits per heavy atom. The Labute approximate surface area is 169 Å². The van der Waals surface area contributed by atoms with Crippen LogP contribution in [0.2, 0.25) is 0 Å². The normalized spacial score (nSPS) is 28.2. The number of aliphatic hydroxyl groups is 4.